The van der Waals surface area contributed by atoms with Crippen LogP contribution in [0.1, 0.15) is 40.0 Å². The van der Waals surface area contributed by atoms with Crippen molar-refractivity contribution >= 4 is 17.4 Å². The van der Waals surface area contributed by atoms with E-state index in [-0.39, 0.29) is 29.2 Å². The van der Waals surface area contributed by atoms with Crippen LogP contribution in [-0.4, -0.2) is 58.7 Å². The van der Waals surface area contributed by atoms with Gasteiger partial charge in [0.15, 0.2) is 5.78 Å². The first-order valence-electron chi connectivity index (χ1n) is 11.7. The van der Waals surface area contributed by atoms with Crippen LogP contribution in [0.4, 0.5) is 0 Å². The summed E-state index contributed by atoms with van der Waals surface area (Å²) in [6.07, 6.45) is 3.12. The number of methoxy groups -OCH3 is 2. The molecule has 0 amide bonds. The molecule has 8 heteroatoms. The number of carbonyl (C=O) groups is 1. The van der Waals surface area contributed by atoms with Gasteiger partial charge in [-0.2, -0.15) is 0 Å². The van der Waals surface area contributed by atoms with Crippen LogP contribution in [0.15, 0.2) is 54.7 Å². The van der Waals surface area contributed by atoms with Gasteiger partial charge in [-0.25, -0.2) is 9.97 Å². The first-order valence-corrected chi connectivity index (χ1v) is 12.1. The summed E-state index contributed by atoms with van der Waals surface area (Å²) in [5.74, 6) is 1.31. The smallest absolute Gasteiger partial charge is 0.222 e. The topological polar surface area (TPSA) is 84.8 Å². The number of aliphatic hydroxyl groups is 1. The van der Waals surface area contributed by atoms with E-state index in [1.165, 1.54) is 17.3 Å². The molecule has 1 aromatic heterocycles. The van der Waals surface area contributed by atoms with Crippen LogP contribution in [0.3, 0.4) is 0 Å². The fourth-order valence-corrected chi connectivity index (χ4v) is 4.76. The summed E-state index contributed by atoms with van der Waals surface area (Å²) in [4.78, 5) is 22.6. The Morgan fingerprint density at radius 3 is 2.54 bits per heavy atom. The van der Waals surface area contributed by atoms with Gasteiger partial charge >= 0.3 is 0 Å². The molecule has 7 nitrogen and oxygen atoms in total. The van der Waals surface area contributed by atoms with Gasteiger partial charge in [0.25, 0.3) is 0 Å². The largest absolute Gasteiger partial charge is 0.497 e. The van der Waals surface area contributed by atoms with Crippen molar-refractivity contribution in [3.63, 3.8) is 0 Å². The van der Waals surface area contributed by atoms with Crippen molar-refractivity contribution in [3.05, 3.63) is 82.4 Å². The number of hydrogen-bond acceptors (Lipinski definition) is 7. The zero-order chi connectivity index (χ0) is 24.8. The van der Waals surface area contributed by atoms with E-state index in [4.69, 9.17) is 21.1 Å². The fourth-order valence-electron chi connectivity index (χ4n) is 4.62. The Bertz CT molecular complexity index is 1150. The van der Waals surface area contributed by atoms with Gasteiger partial charge in [0.2, 0.25) is 5.28 Å². The Balaban J connectivity index is 1.47. The quantitative estimate of drug-likeness (QED) is 0.316. The molecule has 0 aliphatic heterocycles. The van der Waals surface area contributed by atoms with Crippen LogP contribution in [0.25, 0.3) is 0 Å². The molecule has 0 fully saturated rings. The molecule has 0 bridgehead atoms. The van der Waals surface area contributed by atoms with Crippen LogP contribution in [0.5, 0.6) is 11.5 Å². The zero-order valence-corrected chi connectivity index (χ0v) is 20.7. The third-order valence-electron chi connectivity index (χ3n) is 6.48. The van der Waals surface area contributed by atoms with Crippen molar-refractivity contribution in [2.75, 3.05) is 20.8 Å². The molecule has 1 unspecified atom stereocenters. The first-order chi connectivity index (χ1) is 17.0. The van der Waals surface area contributed by atoms with Crippen molar-refractivity contribution in [1.29, 1.82) is 0 Å². The number of ketones is 1. The van der Waals surface area contributed by atoms with Gasteiger partial charge in [-0.3, -0.25) is 9.69 Å². The summed E-state index contributed by atoms with van der Waals surface area (Å²) in [7, 11) is 3.28. The van der Waals surface area contributed by atoms with E-state index in [1.807, 2.05) is 18.2 Å². The summed E-state index contributed by atoms with van der Waals surface area (Å²) in [6.45, 7) is 1.05. The predicted molar refractivity (Wildman–Crippen MR) is 134 cm³/mol. The molecule has 4 rings (SSSR count). The number of nitrogens with zero attached hydrogens (tertiary/aromatic N) is 3. The van der Waals surface area contributed by atoms with E-state index in [0.717, 1.165) is 29.9 Å². The number of rotatable bonds is 11. The molecule has 2 aromatic carbocycles. The lowest BCUT2D eigenvalue weighted by Crippen LogP contribution is -2.41. The third kappa shape index (κ3) is 6.36. The fraction of sp³-hybridized carbons (Fsp3) is 0.370. The summed E-state index contributed by atoms with van der Waals surface area (Å²) in [5.41, 5.74) is 3.97. The monoisotopic (exact) mass is 495 g/mol. The van der Waals surface area contributed by atoms with Crippen molar-refractivity contribution in [1.82, 2.24) is 14.9 Å². The lowest BCUT2D eigenvalue weighted by Gasteiger charge is -2.31. The molecule has 3 aromatic rings. The predicted octanol–water partition coefficient (Wildman–Crippen LogP) is 4.14. The molecule has 0 spiro atoms. The Kier molecular flexibility index (Phi) is 8.33. The van der Waals surface area contributed by atoms with Crippen molar-refractivity contribution in [2.45, 2.75) is 44.4 Å². The lowest BCUT2D eigenvalue weighted by molar-refractivity contribution is 0.0714. The van der Waals surface area contributed by atoms with E-state index >= 15 is 0 Å². The summed E-state index contributed by atoms with van der Waals surface area (Å²) in [5, 5.41) is 11.0. The second kappa shape index (κ2) is 11.6. The molecular weight excluding hydrogens is 466 g/mol. The van der Waals surface area contributed by atoms with E-state index in [1.54, 1.807) is 20.3 Å². The maximum Gasteiger partial charge on any atom is 0.222 e. The number of benzene rings is 2. The number of halogens is 1. The summed E-state index contributed by atoms with van der Waals surface area (Å²) < 4.78 is 11.0. The Labute approximate surface area is 210 Å². The number of Topliss-reactive ketones (excluding diaryl/α,β-unsaturated/α-hetero) is 1. The van der Waals surface area contributed by atoms with Gasteiger partial charge in [0.1, 0.15) is 17.2 Å². The van der Waals surface area contributed by atoms with Crippen LogP contribution in [0, 0.1) is 0 Å². The minimum Gasteiger partial charge on any atom is -0.497 e. The molecule has 184 valence electrons. The van der Waals surface area contributed by atoms with Crippen LogP contribution >= 0.6 is 11.6 Å². The maximum atomic E-state index is 12.5. The minimum atomic E-state index is -0.677. The van der Waals surface area contributed by atoms with Crippen LogP contribution < -0.4 is 9.47 Å². The average molecular weight is 496 g/mol. The number of carbonyl (C=O) groups excluding carboxylic acids is 1. The van der Waals surface area contributed by atoms with Gasteiger partial charge in [-0.15, -0.1) is 0 Å². The molecule has 0 saturated carbocycles. The Morgan fingerprint density at radius 1 is 1.14 bits per heavy atom. The number of aliphatic hydroxyl groups excluding tert-OH is 1. The maximum absolute atomic E-state index is 12.5. The second-order valence-electron chi connectivity index (χ2n) is 8.76. The minimum absolute atomic E-state index is 0.0387. The van der Waals surface area contributed by atoms with Gasteiger partial charge < -0.3 is 14.6 Å². The van der Waals surface area contributed by atoms with E-state index in [0.29, 0.717) is 19.5 Å². The average Bonchev–Trinajstić information content (AvgIpc) is 3.31. The van der Waals surface area contributed by atoms with Crippen molar-refractivity contribution in [3.8, 4) is 11.5 Å². The van der Waals surface area contributed by atoms with Crippen molar-refractivity contribution in [2.24, 2.45) is 0 Å². The van der Waals surface area contributed by atoms with Gasteiger partial charge in [-0.05, 0) is 54.1 Å². The highest BCUT2D eigenvalue weighted by molar-refractivity contribution is 6.28. The molecule has 0 radical (unpaired) electrons. The highest BCUT2D eigenvalue weighted by Crippen LogP contribution is 2.30. The second-order valence-corrected chi connectivity index (χ2v) is 9.10. The number of ether oxygens (including phenoxy) is 2. The Hall–Kier alpha value is -3.00. The molecule has 1 atom stereocenters. The highest BCUT2D eigenvalue weighted by atomic mass is 35.5. The van der Waals surface area contributed by atoms with Gasteiger partial charge in [0.05, 0.1) is 20.3 Å². The van der Waals surface area contributed by atoms with Gasteiger partial charge in [0, 0.05) is 43.4 Å². The van der Waals surface area contributed by atoms with E-state index in [9.17, 15) is 9.90 Å². The molecule has 35 heavy (non-hydrogen) atoms. The number of fused-ring (bicyclic) bond motifs is 1. The SMILES string of the molecule is COc1ccc(CN(CC(O)CCC(=O)c2ccnc(Cl)n2)C2Cc3ccccc3C2)c(OC)c1. The van der Waals surface area contributed by atoms with Gasteiger partial charge in [-0.1, -0.05) is 30.3 Å². The summed E-state index contributed by atoms with van der Waals surface area (Å²) >= 11 is 5.80. The van der Waals surface area contributed by atoms with Crippen molar-refractivity contribution < 1.29 is 19.4 Å². The highest BCUT2D eigenvalue weighted by Gasteiger charge is 2.29. The molecule has 0 saturated heterocycles. The lowest BCUT2D eigenvalue weighted by atomic mass is 10.1. The molecule has 1 N–H and O–H groups in total. The molecule has 1 aliphatic carbocycles. The third-order valence-corrected chi connectivity index (χ3v) is 6.66. The first kappa shape index (κ1) is 25.1. The van der Waals surface area contributed by atoms with Crippen LogP contribution in [-0.2, 0) is 19.4 Å². The van der Waals surface area contributed by atoms with E-state index < -0.39 is 6.10 Å². The number of hydrogen-bond donors (Lipinski definition) is 1. The molecule has 1 heterocycles. The summed E-state index contributed by atoms with van der Waals surface area (Å²) in [6, 6.07) is 16.0. The Morgan fingerprint density at radius 2 is 1.89 bits per heavy atom. The molecule has 1 aliphatic rings. The normalized spacial score (nSPS) is 14.1. The number of aromatic nitrogens is 2. The zero-order valence-electron chi connectivity index (χ0n) is 20.0. The van der Waals surface area contributed by atoms with E-state index in [2.05, 4.69) is 39.1 Å². The standard InChI is InChI=1S/C27H30ClN3O4/c1-34-23-9-7-20(26(15-23)35-2)16-31(21-13-18-5-3-4-6-19(18)14-21)17-22(32)8-10-25(33)24-11-12-29-27(28)30-24/h3-7,9,11-12,15,21-22,32H,8,10,13-14,16-17H2,1-2H3. The molecular formula is C27H30ClN3O4. The van der Waals surface area contributed by atoms with Crippen LogP contribution in [0.2, 0.25) is 5.28 Å².